The maximum Gasteiger partial charge on any atom is 0.451 e. The largest absolute Gasteiger partial charge is 0.451 e. The molecule has 2 aromatic heterocycles. The second-order valence-corrected chi connectivity index (χ2v) is 9.25. The van der Waals surface area contributed by atoms with Gasteiger partial charge < -0.3 is 20.0 Å². The molecule has 3 atom stereocenters. The number of alkyl halides is 3. The highest BCUT2D eigenvalue weighted by Crippen LogP contribution is 2.29. The fourth-order valence-corrected chi connectivity index (χ4v) is 5.02. The lowest BCUT2D eigenvalue weighted by Gasteiger charge is -2.40. The Morgan fingerprint density at radius 3 is 2.37 bits per heavy atom. The number of aromatic nitrogens is 3. The SMILES string of the molecule is FC(F)(F)c1ncc(N2CCC[C@H](N[C@@H]3CCCC[C@H]3Nc3ncc(-c4ccccc4)o3)C2)cn1. The van der Waals surface area contributed by atoms with Gasteiger partial charge in [-0.1, -0.05) is 43.2 Å². The normalized spacial score (nSPS) is 23.3. The number of anilines is 2. The Kier molecular flexibility index (Phi) is 6.90. The third-order valence-corrected chi connectivity index (χ3v) is 6.77. The summed E-state index contributed by atoms with van der Waals surface area (Å²) in [6.07, 6.45) is 6.08. The zero-order chi connectivity index (χ0) is 24.3. The summed E-state index contributed by atoms with van der Waals surface area (Å²) in [5.74, 6) is -0.374. The van der Waals surface area contributed by atoms with Gasteiger partial charge >= 0.3 is 6.18 Å². The first kappa shape index (κ1) is 23.6. The summed E-state index contributed by atoms with van der Waals surface area (Å²) in [5, 5.41) is 7.30. The molecular weight excluding hydrogens is 457 g/mol. The van der Waals surface area contributed by atoms with Gasteiger partial charge in [-0.3, -0.25) is 0 Å². The second-order valence-electron chi connectivity index (χ2n) is 9.25. The van der Waals surface area contributed by atoms with E-state index in [1.807, 2.05) is 30.3 Å². The second kappa shape index (κ2) is 10.2. The molecule has 186 valence electrons. The molecule has 0 amide bonds. The Morgan fingerprint density at radius 1 is 0.886 bits per heavy atom. The van der Waals surface area contributed by atoms with E-state index in [2.05, 4.69) is 30.5 Å². The van der Waals surface area contributed by atoms with Gasteiger partial charge in [-0.25, -0.2) is 15.0 Å². The first-order valence-electron chi connectivity index (χ1n) is 12.1. The summed E-state index contributed by atoms with van der Waals surface area (Å²) < 4.78 is 44.4. The van der Waals surface area contributed by atoms with Gasteiger partial charge in [0, 0.05) is 36.8 Å². The molecule has 5 rings (SSSR count). The molecule has 7 nitrogen and oxygen atoms in total. The molecule has 2 N–H and O–H groups in total. The van der Waals surface area contributed by atoms with Crippen LogP contribution >= 0.6 is 0 Å². The first-order valence-corrected chi connectivity index (χ1v) is 12.1. The third-order valence-electron chi connectivity index (χ3n) is 6.77. The van der Waals surface area contributed by atoms with Gasteiger partial charge in [0.15, 0.2) is 5.76 Å². The third kappa shape index (κ3) is 5.75. The molecule has 2 aliphatic rings. The number of piperidine rings is 1. The summed E-state index contributed by atoms with van der Waals surface area (Å²) in [7, 11) is 0. The van der Waals surface area contributed by atoms with Crippen LogP contribution in [0.4, 0.5) is 24.9 Å². The van der Waals surface area contributed by atoms with Crippen molar-refractivity contribution in [3.63, 3.8) is 0 Å². The van der Waals surface area contributed by atoms with Crippen molar-refractivity contribution in [1.82, 2.24) is 20.3 Å². The molecule has 35 heavy (non-hydrogen) atoms. The van der Waals surface area contributed by atoms with Crippen LogP contribution in [0.5, 0.6) is 0 Å². The van der Waals surface area contributed by atoms with Gasteiger partial charge in [-0.05, 0) is 25.7 Å². The van der Waals surface area contributed by atoms with Crippen LogP contribution < -0.4 is 15.5 Å². The molecule has 0 spiro atoms. The molecule has 1 aromatic carbocycles. The monoisotopic (exact) mass is 486 g/mol. The Labute approximate surface area is 202 Å². The Balaban J connectivity index is 1.21. The van der Waals surface area contributed by atoms with Crippen molar-refractivity contribution < 1.29 is 17.6 Å². The summed E-state index contributed by atoms with van der Waals surface area (Å²) in [6.45, 7) is 1.48. The Hall–Kier alpha value is -3.14. The summed E-state index contributed by atoms with van der Waals surface area (Å²) in [6, 6.07) is 11.1. The summed E-state index contributed by atoms with van der Waals surface area (Å²) >= 11 is 0. The first-order chi connectivity index (χ1) is 17.0. The maximum atomic E-state index is 12.8. The van der Waals surface area contributed by atoms with Gasteiger partial charge in [0.1, 0.15) is 0 Å². The highest BCUT2D eigenvalue weighted by molar-refractivity contribution is 5.57. The van der Waals surface area contributed by atoms with Crippen LogP contribution in [0.25, 0.3) is 11.3 Å². The maximum absolute atomic E-state index is 12.8. The summed E-state index contributed by atoms with van der Waals surface area (Å²) in [4.78, 5) is 13.5. The Bertz CT molecular complexity index is 1090. The van der Waals surface area contributed by atoms with E-state index in [0.29, 0.717) is 18.2 Å². The van der Waals surface area contributed by atoms with Crippen LogP contribution in [0.3, 0.4) is 0 Å². The average molecular weight is 487 g/mol. The highest BCUT2D eigenvalue weighted by Gasteiger charge is 2.35. The van der Waals surface area contributed by atoms with Crippen molar-refractivity contribution in [2.75, 3.05) is 23.3 Å². The van der Waals surface area contributed by atoms with Crippen molar-refractivity contribution in [3.05, 3.63) is 54.7 Å². The van der Waals surface area contributed by atoms with Crippen LogP contribution in [0.1, 0.15) is 44.3 Å². The molecule has 10 heteroatoms. The molecule has 3 heterocycles. The smallest absolute Gasteiger partial charge is 0.424 e. The fraction of sp³-hybridized carbons (Fsp3) is 0.480. The number of nitrogens with zero attached hydrogens (tertiary/aromatic N) is 4. The molecule has 1 aliphatic heterocycles. The number of nitrogens with one attached hydrogen (secondary N) is 2. The Morgan fingerprint density at radius 2 is 1.63 bits per heavy atom. The van der Waals surface area contributed by atoms with Crippen molar-refractivity contribution in [2.24, 2.45) is 0 Å². The lowest BCUT2D eigenvalue weighted by atomic mass is 9.89. The van der Waals surface area contributed by atoms with E-state index in [1.54, 1.807) is 6.20 Å². The molecule has 0 radical (unpaired) electrons. The van der Waals surface area contributed by atoms with Crippen LogP contribution in [-0.4, -0.2) is 46.2 Å². The van der Waals surface area contributed by atoms with Crippen LogP contribution in [-0.2, 0) is 6.18 Å². The summed E-state index contributed by atoms with van der Waals surface area (Å²) in [5.41, 5.74) is 1.61. The molecular formula is C25H29F3N6O. The molecule has 1 saturated heterocycles. The minimum atomic E-state index is -4.53. The van der Waals surface area contributed by atoms with Crippen LogP contribution in [0.2, 0.25) is 0 Å². The average Bonchev–Trinajstić information content (AvgIpc) is 3.34. The topological polar surface area (TPSA) is 79.1 Å². The highest BCUT2D eigenvalue weighted by atomic mass is 19.4. The van der Waals surface area contributed by atoms with Crippen molar-refractivity contribution in [2.45, 2.75) is 62.8 Å². The predicted molar refractivity (Wildman–Crippen MR) is 127 cm³/mol. The lowest BCUT2D eigenvalue weighted by Crippen LogP contribution is -2.55. The molecule has 0 unspecified atom stereocenters. The molecule has 1 aliphatic carbocycles. The molecule has 1 saturated carbocycles. The van der Waals surface area contributed by atoms with Gasteiger partial charge in [0.25, 0.3) is 6.01 Å². The van der Waals surface area contributed by atoms with E-state index in [-0.39, 0.29) is 18.1 Å². The van der Waals surface area contributed by atoms with E-state index < -0.39 is 12.0 Å². The van der Waals surface area contributed by atoms with E-state index >= 15 is 0 Å². The standard InChI is InChI=1S/C25H29F3N6O/c26-25(27,28)23-29-13-19(14-30-23)34-12-6-9-18(16-34)32-20-10-4-5-11-21(20)33-24-31-15-22(35-24)17-7-2-1-3-8-17/h1-3,7-8,13-15,18,20-21,32H,4-6,9-12,16H2,(H,31,33)/t18-,20+,21+/m0/s1. The number of hydrogen-bond acceptors (Lipinski definition) is 7. The number of hydrogen-bond donors (Lipinski definition) is 2. The fourth-order valence-electron chi connectivity index (χ4n) is 5.02. The lowest BCUT2D eigenvalue weighted by molar-refractivity contribution is -0.144. The van der Waals surface area contributed by atoms with Crippen molar-refractivity contribution in [3.8, 4) is 11.3 Å². The van der Waals surface area contributed by atoms with Crippen molar-refractivity contribution in [1.29, 1.82) is 0 Å². The molecule has 0 bridgehead atoms. The minimum Gasteiger partial charge on any atom is -0.424 e. The number of oxazole rings is 1. The van der Waals surface area contributed by atoms with Gasteiger partial charge in [0.2, 0.25) is 5.82 Å². The number of rotatable bonds is 6. The van der Waals surface area contributed by atoms with Gasteiger partial charge in [0.05, 0.1) is 24.3 Å². The van der Waals surface area contributed by atoms with E-state index in [9.17, 15) is 13.2 Å². The van der Waals surface area contributed by atoms with Crippen molar-refractivity contribution >= 4 is 11.7 Å². The predicted octanol–water partition coefficient (Wildman–Crippen LogP) is 5.13. The van der Waals surface area contributed by atoms with Gasteiger partial charge in [-0.2, -0.15) is 13.2 Å². The quantitative estimate of drug-likeness (QED) is 0.500. The zero-order valence-corrected chi connectivity index (χ0v) is 19.3. The van der Waals surface area contributed by atoms with E-state index in [0.717, 1.165) is 56.4 Å². The van der Waals surface area contributed by atoms with Crippen LogP contribution in [0, 0.1) is 0 Å². The number of benzene rings is 1. The zero-order valence-electron chi connectivity index (χ0n) is 19.3. The van der Waals surface area contributed by atoms with Crippen LogP contribution in [0.15, 0.2) is 53.3 Å². The minimum absolute atomic E-state index is 0.191. The molecule has 3 aromatic rings. The van der Waals surface area contributed by atoms with E-state index in [4.69, 9.17) is 4.42 Å². The van der Waals surface area contributed by atoms with E-state index in [1.165, 1.54) is 12.4 Å². The number of halogens is 3. The molecule has 2 fully saturated rings. The van der Waals surface area contributed by atoms with Gasteiger partial charge in [-0.15, -0.1) is 0 Å².